The Hall–Kier alpha value is -2.59. The Morgan fingerprint density at radius 3 is 2.64 bits per heavy atom. The fourth-order valence-electron chi connectivity index (χ4n) is 2.62. The largest absolute Gasteiger partial charge is 0.492 e. The van der Waals surface area contributed by atoms with Crippen LogP contribution >= 0.6 is 11.6 Å². The average Bonchev–Trinajstić information content (AvgIpc) is 2.62. The predicted octanol–water partition coefficient (Wildman–Crippen LogP) is 4.35. The highest BCUT2D eigenvalue weighted by Gasteiger charge is 2.16. The quantitative estimate of drug-likeness (QED) is 0.684. The number of likely N-dealkylation sites (N-methyl/N-ethyl adjacent to an activating group) is 1. The van der Waals surface area contributed by atoms with E-state index in [4.69, 9.17) is 16.3 Å². The maximum absolute atomic E-state index is 12.8. The summed E-state index contributed by atoms with van der Waals surface area (Å²) in [5.41, 5.74) is 2.32. The van der Waals surface area contributed by atoms with E-state index in [0.29, 0.717) is 23.7 Å². The van der Waals surface area contributed by atoms with Gasteiger partial charge in [0.15, 0.2) is 0 Å². The van der Waals surface area contributed by atoms with Gasteiger partial charge >= 0.3 is 0 Å². The first kappa shape index (κ1) is 17.2. The van der Waals surface area contributed by atoms with Crippen molar-refractivity contribution >= 4 is 28.4 Å². The van der Waals surface area contributed by atoms with Gasteiger partial charge in [-0.3, -0.25) is 9.78 Å². The smallest absolute Gasteiger partial charge is 0.254 e. The normalized spacial score (nSPS) is 10.7. The van der Waals surface area contributed by atoms with Gasteiger partial charge in [0, 0.05) is 23.2 Å². The molecule has 0 aliphatic carbocycles. The number of hydrogen-bond acceptors (Lipinski definition) is 3. The highest BCUT2D eigenvalue weighted by Crippen LogP contribution is 2.20. The van der Waals surface area contributed by atoms with Crippen LogP contribution in [0.25, 0.3) is 10.9 Å². The Kier molecular flexibility index (Phi) is 5.19. The van der Waals surface area contributed by atoms with E-state index in [0.717, 1.165) is 22.3 Å². The lowest BCUT2D eigenvalue weighted by Crippen LogP contribution is -2.31. The second-order valence-electron chi connectivity index (χ2n) is 5.86. The molecule has 0 bridgehead atoms. The average molecular weight is 355 g/mol. The van der Waals surface area contributed by atoms with Crippen molar-refractivity contribution in [3.05, 3.63) is 70.9 Å². The molecule has 0 spiro atoms. The summed E-state index contributed by atoms with van der Waals surface area (Å²) in [5.74, 6) is 0.692. The first-order valence-corrected chi connectivity index (χ1v) is 8.42. The molecule has 0 atom stereocenters. The second kappa shape index (κ2) is 7.53. The summed E-state index contributed by atoms with van der Waals surface area (Å²) in [4.78, 5) is 19.0. The third kappa shape index (κ3) is 4.09. The molecule has 5 heteroatoms. The highest BCUT2D eigenvalue weighted by atomic mass is 35.5. The number of benzene rings is 2. The third-order valence-electron chi connectivity index (χ3n) is 3.93. The number of carbonyl (C=O) groups is 1. The fourth-order valence-corrected chi connectivity index (χ4v) is 2.75. The molecule has 0 radical (unpaired) electrons. The summed E-state index contributed by atoms with van der Waals surface area (Å²) in [6.07, 6.45) is 0. The molecule has 0 N–H and O–H groups in total. The van der Waals surface area contributed by atoms with Crippen LogP contribution in [0.3, 0.4) is 0 Å². The van der Waals surface area contributed by atoms with Gasteiger partial charge in [-0.25, -0.2) is 0 Å². The van der Waals surface area contributed by atoms with Gasteiger partial charge < -0.3 is 9.64 Å². The zero-order chi connectivity index (χ0) is 17.8. The summed E-state index contributed by atoms with van der Waals surface area (Å²) < 4.78 is 5.66. The van der Waals surface area contributed by atoms with Crippen LogP contribution in [0, 0.1) is 6.92 Å². The van der Waals surface area contributed by atoms with Crippen molar-refractivity contribution < 1.29 is 9.53 Å². The molecule has 0 aliphatic rings. The van der Waals surface area contributed by atoms with Crippen LogP contribution in [0.1, 0.15) is 16.1 Å². The van der Waals surface area contributed by atoms with Gasteiger partial charge in [0.05, 0.1) is 17.6 Å². The monoisotopic (exact) mass is 354 g/mol. The Bertz CT molecular complexity index is 894. The summed E-state index contributed by atoms with van der Waals surface area (Å²) in [5, 5.41) is 1.53. The van der Waals surface area contributed by atoms with E-state index in [2.05, 4.69) is 4.98 Å². The zero-order valence-corrected chi connectivity index (χ0v) is 15.0. The first-order valence-electron chi connectivity index (χ1n) is 8.05. The number of hydrogen-bond donors (Lipinski definition) is 0. The van der Waals surface area contributed by atoms with Gasteiger partial charge in [-0.1, -0.05) is 29.8 Å². The molecule has 3 rings (SSSR count). The topological polar surface area (TPSA) is 42.4 Å². The van der Waals surface area contributed by atoms with Crippen LogP contribution in [0.4, 0.5) is 0 Å². The number of aromatic nitrogens is 1. The van der Waals surface area contributed by atoms with Crippen molar-refractivity contribution in [2.45, 2.75) is 6.92 Å². The third-order valence-corrected chi connectivity index (χ3v) is 4.18. The zero-order valence-electron chi connectivity index (χ0n) is 14.2. The molecular formula is C20H19ClN2O2. The predicted molar refractivity (Wildman–Crippen MR) is 100 cm³/mol. The molecule has 0 fully saturated rings. The van der Waals surface area contributed by atoms with Crippen LogP contribution in [0.5, 0.6) is 5.75 Å². The van der Waals surface area contributed by atoms with Gasteiger partial charge in [0.25, 0.3) is 5.91 Å². The van der Waals surface area contributed by atoms with Crippen LogP contribution in [-0.2, 0) is 0 Å². The van der Waals surface area contributed by atoms with E-state index in [1.807, 2.05) is 49.4 Å². The van der Waals surface area contributed by atoms with E-state index < -0.39 is 0 Å². The number of aryl methyl sites for hydroxylation is 1. The molecule has 1 aromatic heterocycles. The summed E-state index contributed by atoms with van der Waals surface area (Å²) >= 11 is 5.85. The lowest BCUT2D eigenvalue weighted by Gasteiger charge is -2.19. The number of fused-ring (bicyclic) bond motifs is 1. The number of nitrogens with zero attached hydrogens (tertiary/aromatic N) is 2. The summed E-state index contributed by atoms with van der Waals surface area (Å²) in [6, 6.07) is 16.7. The minimum atomic E-state index is -0.0404. The number of rotatable bonds is 5. The number of pyridine rings is 1. The lowest BCUT2D eigenvalue weighted by molar-refractivity contribution is 0.0775. The number of ether oxygens (including phenoxy) is 1. The lowest BCUT2D eigenvalue weighted by atomic mass is 10.1. The molecular weight excluding hydrogens is 336 g/mol. The van der Waals surface area contributed by atoms with E-state index in [1.54, 1.807) is 24.1 Å². The van der Waals surface area contributed by atoms with Gasteiger partial charge in [0.1, 0.15) is 12.4 Å². The maximum atomic E-state index is 12.8. The minimum absolute atomic E-state index is 0.0404. The molecule has 1 heterocycles. The number of carbonyl (C=O) groups excluding carboxylic acids is 1. The van der Waals surface area contributed by atoms with Crippen molar-refractivity contribution in [1.29, 1.82) is 0 Å². The molecule has 0 saturated carbocycles. The van der Waals surface area contributed by atoms with E-state index in [-0.39, 0.29) is 5.91 Å². The molecule has 2 aromatic carbocycles. The van der Waals surface area contributed by atoms with E-state index in [9.17, 15) is 4.79 Å². The van der Waals surface area contributed by atoms with Gasteiger partial charge in [-0.15, -0.1) is 0 Å². The molecule has 0 unspecified atom stereocenters. The number of amides is 1. The highest BCUT2D eigenvalue weighted by molar-refractivity contribution is 6.30. The van der Waals surface area contributed by atoms with Crippen molar-refractivity contribution in [2.24, 2.45) is 0 Å². The first-order chi connectivity index (χ1) is 12.0. The fraction of sp³-hybridized carbons (Fsp3) is 0.200. The van der Waals surface area contributed by atoms with Crippen molar-refractivity contribution in [1.82, 2.24) is 9.88 Å². The minimum Gasteiger partial charge on any atom is -0.492 e. The van der Waals surface area contributed by atoms with Crippen molar-refractivity contribution in [3.63, 3.8) is 0 Å². The molecule has 128 valence electrons. The standard InChI is InChI=1S/C20H19ClN2O2/c1-14-13-18(17-5-3-4-6-19(17)22-14)20(24)23(2)11-12-25-16-9-7-15(21)8-10-16/h3-10,13H,11-12H2,1-2H3. The summed E-state index contributed by atoms with van der Waals surface area (Å²) in [7, 11) is 1.78. The maximum Gasteiger partial charge on any atom is 0.254 e. The van der Waals surface area contributed by atoms with Crippen LogP contribution in [0.2, 0.25) is 5.02 Å². The van der Waals surface area contributed by atoms with Crippen LogP contribution in [0.15, 0.2) is 54.6 Å². The molecule has 0 saturated heterocycles. The van der Waals surface area contributed by atoms with Gasteiger partial charge in [-0.05, 0) is 43.3 Å². The van der Waals surface area contributed by atoms with Crippen LogP contribution < -0.4 is 4.74 Å². The molecule has 1 amide bonds. The number of halogens is 1. The summed E-state index contributed by atoms with van der Waals surface area (Å²) in [6.45, 7) is 2.79. The Morgan fingerprint density at radius 1 is 1.16 bits per heavy atom. The van der Waals surface area contributed by atoms with Gasteiger partial charge in [-0.2, -0.15) is 0 Å². The SMILES string of the molecule is Cc1cc(C(=O)N(C)CCOc2ccc(Cl)cc2)c2ccccc2n1. The van der Waals surface area contributed by atoms with Crippen molar-refractivity contribution in [2.75, 3.05) is 20.2 Å². The van der Waals surface area contributed by atoms with E-state index in [1.165, 1.54) is 0 Å². The molecule has 4 nitrogen and oxygen atoms in total. The molecule has 3 aromatic rings. The Labute approximate surface area is 152 Å². The molecule has 25 heavy (non-hydrogen) atoms. The Balaban J connectivity index is 1.69. The van der Waals surface area contributed by atoms with Crippen LogP contribution in [-0.4, -0.2) is 36.0 Å². The van der Waals surface area contributed by atoms with Crippen molar-refractivity contribution in [3.8, 4) is 5.75 Å². The molecule has 0 aliphatic heterocycles. The number of para-hydroxylation sites is 1. The van der Waals surface area contributed by atoms with Gasteiger partial charge in [0.2, 0.25) is 0 Å². The second-order valence-corrected chi connectivity index (χ2v) is 6.29. The Morgan fingerprint density at radius 2 is 1.88 bits per heavy atom. The van der Waals surface area contributed by atoms with E-state index >= 15 is 0 Å².